The summed E-state index contributed by atoms with van der Waals surface area (Å²) in [4.78, 5) is 0. The largest absolute Gasteiger partial charge is 0.398 e. The maximum absolute atomic E-state index is 11.8. The summed E-state index contributed by atoms with van der Waals surface area (Å²) < 4.78 is 28.4. The van der Waals surface area contributed by atoms with Gasteiger partial charge in [-0.1, -0.05) is 17.7 Å². The van der Waals surface area contributed by atoms with E-state index in [0.29, 0.717) is 29.3 Å². The van der Waals surface area contributed by atoms with Crippen LogP contribution in [0.5, 0.6) is 0 Å². The van der Waals surface area contributed by atoms with Gasteiger partial charge in [0.25, 0.3) is 0 Å². The Balaban J connectivity index is 2.76. The maximum Gasteiger partial charge on any atom is 0.154 e. The average molecular weight is 278 g/mol. The second-order valence-corrected chi connectivity index (χ2v) is 6.34. The molecule has 1 aromatic rings. The van der Waals surface area contributed by atoms with Crippen molar-refractivity contribution in [3.8, 4) is 0 Å². The quantitative estimate of drug-likeness (QED) is 0.637. The number of rotatable bonds is 6. The van der Waals surface area contributed by atoms with Gasteiger partial charge in [0.05, 0.1) is 11.5 Å². The van der Waals surface area contributed by atoms with Crippen LogP contribution in [0.15, 0.2) is 18.2 Å². The summed E-state index contributed by atoms with van der Waals surface area (Å²) in [5, 5.41) is 0.389. The third kappa shape index (κ3) is 4.53. The zero-order valence-corrected chi connectivity index (χ0v) is 11.2. The number of anilines is 1. The predicted octanol–water partition coefficient (Wildman–Crippen LogP) is 1.87. The summed E-state index contributed by atoms with van der Waals surface area (Å²) in [6.07, 6.45) is 0.475. The number of nitrogens with two attached hydrogens (primary N) is 1. The van der Waals surface area contributed by atoms with Crippen molar-refractivity contribution in [2.45, 2.75) is 12.2 Å². The lowest BCUT2D eigenvalue weighted by atomic mass is 10.2. The van der Waals surface area contributed by atoms with E-state index in [4.69, 9.17) is 22.1 Å². The van der Waals surface area contributed by atoms with Crippen molar-refractivity contribution in [3.05, 3.63) is 28.8 Å². The Morgan fingerprint density at radius 2 is 2.12 bits per heavy atom. The van der Waals surface area contributed by atoms with Gasteiger partial charge in [-0.05, 0) is 18.6 Å². The first-order valence-corrected chi connectivity index (χ1v) is 7.38. The van der Waals surface area contributed by atoms with E-state index in [2.05, 4.69) is 0 Å². The lowest BCUT2D eigenvalue weighted by molar-refractivity contribution is 0.199. The minimum Gasteiger partial charge on any atom is -0.398 e. The Labute approximate surface area is 107 Å². The molecule has 0 saturated heterocycles. The predicted molar refractivity (Wildman–Crippen MR) is 69.8 cm³/mol. The van der Waals surface area contributed by atoms with Crippen LogP contribution in [0.25, 0.3) is 0 Å². The molecule has 0 fully saturated rings. The van der Waals surface area contributed by atoms with Crippen LogP contribution in [0.2, 0.25) is 5.02 Å². The van der Waals surface area contributed by atoms with Gasteiger partial charge < -0.3 is 10.5 Å². The SMILES string of the molecule is COCCCS(=O)(=O)Cc1c(N)cccc1Cl. The highest BCUT2D eigenvalue weighted by molar-refractivity contribution is 7.90. The summed E-state index contributed by atoms with van der Waals surface area (Å²) in [5.74, 6) is -0.0479. The van der Waals surface area contributed by atoms with Gasteiger partial charge in [0.2, 0.25) is 0 Å². The number of sulfone groups is 1. The normalized spacial score (nSPS) is 11.6. The molecule has 0 bridgehead atoms. The number of ether oxygens (including phenoxy) is 1. The highest BCUT2D eigenvalue weighted by atomic mass is 35.5. The van der Waals surface area contributed by atoms with Crippen molar-refractivity contribution < 1.29 is 13.2 Å². The number of benzene rings is 1. The molecule has 0 aliphatic carbocycles. The second kappa shape index (κ2) is 6.23. The lowest BCUT2D eigenvalue weighted by Crippen LogP contribution is -2.12. The zero-order valence-electron chi connectivity index (χ0n) is 9.65. The minimum atomic E-state index is -3.20. The highest BCUT2D eigenvalue weighted by Crippen LogP contribution is 2.24. The molecule has 0 aliphatic rings. The third-order valence-corrected chi connectivity index (χ3v) is 4.32. The molecular weight excluding hydrogens is 262 g/mol. The van der Waals surface area contributed by atoms with E-state index in [9.17, 15) is 8.42 Å². The molecule has 1 aromatic carbocycles. The Hall–Kier alpha value is -0.780. The van der Waals surface area contributed by atoms with Crippen LogP contribution in [0.1, 0.15) is 12.0 Å². The maximum atomic E-state index is 11.8. The fourth-order valence-electron chi connectivity index (χ4n) is 1.44. The van der Waals surface area contributed by atoms with Crippen molar-refractivity contribution in [2.75, 3.05) is 25.2 Å². The van der Waals surface area contributed by atoms with Crippen LogP contribution >= 0.6 is 11.6 Å². The van der Waals surface area contributed by atoms with Crippen molar-refractivity contribution in [3.63, 3.8) is 0 Å². The number of hydrogen-bond donors (Lipinski definition) is 1. The van der Waals surface area contributed by atoms with E-state index in [1.54, 1.807) is 25.3 Å². The molecule has 0 unspecified atom stereocenters. The molecule has 0 saturated carbocycles. The van der Waals surface area contributed by atoms with Crippen LogP contribution in [-0.4, -0.2) is 27.9 Å². The van der Waals surface area contributed by atoms with E-state index >= 15 is 0 Å². The average Bonchev–Trinajstić information content (AvgIpc) is 2.24. The topological polar surface area (TPSA) is 69.4 Å². The standard InChI is InChI=1S/C11H16ClNO3S/c1-16-6-3-7-17(14,15)8-9-10(12)4-2-5-11(9)13/h2,4-5H,3,6-8,13H2,1H3. The van der Waals surface area contributed by atoms with Gasteiger partial charge in [0.15, 0.2) is 9.84 Å². The number of hydrogen-bond acceptors (Lipinski definition) is 4. The zero-order chi connectivity index (χ0) is 12.9. The van der Waals surface area contributed by atoms with Crippen molar-refractivity contribution in [2.24, 2.45) is 0 Å². The molecule has 0 atom stereocenters. The Morgan fingerprint density at radius 1 is 1.41 bits per heavy atom. The third-order valence-electron chi connectivity index (χ3n) is 2.32. The summed E-state index contributed by atoms with van der Waals surface area (Å²) in [6.45, 7) is 0.428. The first-order chi connectivity index (χ1) is 7.96. The number of methoxy groups -OCH3 is 1. The van der Waals surface area contributed by atoms with Crippen molar-refractivity contribution >= 4 is 27.1 Å². The van der Waals surface area contributed by atoms with Crippen LogP contribution in [0, 0.1) is 0 Å². The smallest absolute Gasteiger partial charge is 0.154 e. The molecule has 17 heavy (non-hydrogen) atoms. The summed E-state index contributed by atoms with van der Waals surface area (Å²) in [6, 6.07) is 4.97. The first kappa shape index (κ1) is 14.3. The summed E-state index contributed by atoms with van der Waals surface area (Å²) in [7, 11) is -1.66. The van der Waals surface area contributed by atoms with E-state index in [1.807, 2.05) is 0 Å². The highest BCUT2D eigenvalue weighted by Gasteiger charge is 2.15. The van der Waals surface area contributed by atoms with Gasteiger partial charge in [0.1, 0.15) is 0 Å². The van der Waals surface area contributed by atoms with E-state index < -0.39 is 9.84 Å². The lowest BCUT2D eigenvalue weighted by Gasteiger charge is -2.08. The molecule has 96 valence electrons. The minimum absolute atomic E-state index is 0.0749. The van der Waals surface area contributed by atoms with Crippen molar-refractivity contribution in [1.29, 1.82) is 0 Å². The molecule has 0 aromatic heterocycles. The van der Waals surface area contributed by atoms with Gasteiger partial charge in [-0.15, -0.1) is 0 Å². The molecule has 6 heteroatoms. The molecule has 0 amide bonds. The second-order valence-electron chi connectivity index (χ2n) is 3.75. The molecule has 0 heterocycles. The van der Waals surface area contributed by atoms with Crippen LogP contribution in [0.3, 0.4) is 0 Å². The molecule has 1 rings (SSSR count). The van der Waals surface area contributed by atoms with Gasteiger partial charge in [-0.3, -0.25) is 0 Å². The van der Waals surface area contributed by atoms with Gasteiger partial charge in [0, 0.05) is 30.0 Å². The van der Waals surface area contributed by atoms with Crippen LogP contribution in [-0.2, 0) is 20.3 Å². The number of halogens is 1. The first-order valence-electron chi connectivity index (χ1n) is 5.18. The van der Waals surface area contributed by atoms with Crippen molar-refractivity contribution in [1.82, 2.24) is 0 Å². The summed E-state index contributed by atoms with van der Waals surface area (Å²) in [5.41, 5.74) is 6.60. The Morgan fingerprint density at radius 3 is 2.71 bits per heavy atom. The Kier molecular flexibility index (Phi) is 5.24. The monoisotopic (exact) mass is 277 g/mol. The molecular formula is C11H16ClNO3S. The van der Waals surface area contributed by atoms with Gasteiger partial charge >= 0.3 is 0 Å². The summed E-state index contributed by atoms with van der Waals surface area (Å²) >= 11 is 5.93. The Bertz CT molecular complexity index is 453. The van der Waals surface area contributed by atoms with Gasteiger partial charge in [-0.25, -0.2) is 8.42 Å². The van der Waals surface area contributed by atoms with E-state index in [-0.39, 0.29) is 11.5 Å². The fraction of sp³-hybridized carbons (Fsp3) is 0.455. The van der Waals surface area contributed by atoms with E-state index in [0.717, 1.165) is 0 Å². The van der Waals surface area contributed by atoms with Crippen LogP contribution < -0.4 is 5.73 Å². The molecule has 4 nitrogen and oxygen atoms in total. The molecule has 0 radical (unpaired) electrons. The van der Waals surface area contributed by atoms with Gasteiger partial charge in [-0.2, -0.15) is 0 Å². The molecule has 0 spiro atoms. The van der Waals surface area contributed by atoms with E-state index in [1.165, 1.54) is 0 Å². The van der Waals surface area contributed by atoms with Crippen LogP contribution in [0.4, 0.5) is 5.69 Å². The fourth-order valence-corrected chi connectivity index (χ4v) is 3.23. The molecule has 0 aliphatic heterocycles. The molecule has 2 N–H and O–H groups in total. The number of nitrogen functional groups attached to an aromatic ring is 1.